The van der Waals surface area contributed by atoms with E-state index < -0.39 is 9.84 Å². The van der Waals surface area contributed by atoms with Gasteiger partial charge in [0, 0.05) is 24.1 Å². The van der Waals surface area contributed by atoms with E-state index in [0.717, 1.165) is 6.26 Å². The van der Waals surface area contributed by atoms with Crippen LogP contribution >= 0.6 is 23.2 Å². The van der Waals surface area contributed by atoms with Crippen molar-refractivity contribution in [2.24, 2.45) is 0 Å². The largest absolute Gasteiger partial charge is 0.456 e. The van der Waals surface area contributed by atoms with Gasteiger partial charge in [0.1, 0.15) is 16.7 Å². The molecule has 0 aliphatic heterocycles. The van der Waals surface area contributed by atoms with Crippen molar-refractivity contribution in [3.05, 3.63) is 46.2 Å². The highest BCUT2D eigenvalue weighted by molar-refractivity contribution is 7.90. The van der Waals surface area contributed by atoms with Gasteiger partial charge in [-0.1, -0.05) is 23.2 Å². The van der Waals surface area contributed by atoms with Gasteiger partial charge in [-0.05, 0) is 25.1 Å². The zero-order valence-corrected chi connectivity index (χ0v) is 13.1. The Morgan fingerprint density at radius 2 is 1.85 bits per heavy atom. The smallest absolute Gasteiger partial charge is 0.175 e. The van der Waals surface area contributed by atoms with E-state index in [0.29, 0.717) is 22.3 Å². The standard InChI is InChI=1S/C13H11Cl2NO3S/c1-8-5-9(6-13(15)16-8)19-12-4-3-10(7-11(12)14)20(2,17)18/h3-7H,1-2H3. The number of halogens is 2. The van der Waals surface area contributed by atoms with E-state index in [4.69, 9.17) is 27.9 Å². The summed E-state index contributed by atoms with van der Waals surface area (Å²) < 4.78 is 28.4. The molecule has 0 N–H and O–H groups in total. The number of nitrogens with zero attached hydrogens (tertiary/aromatic N) is 1. The zero-order valence-electron chi connectivity index (χ0n) is 10.7. The van der Waals surface area contributed by atoms with Crippen LogP contribution < -0.4 is 4.74 Å². The van der Waals surface area contributed by atoms with Gasteiger partial charge in [-0.2, -0.15) is 0 Å². The van der Waals surface area contributed by atoms with E-state index in [9.17, 15) is 8.42 Å². The highest BCUT2D eigenvalue weighted by Gasteiger charge is 2.11. The first-order chi connectivity index (χ1) is 9.25. The molecule has 1 aromatic carbocycles. The van der Waals surface area contributed by atoms with Crippen LogP contribution in [0.1, 0.15) is 5.69 Å². The van der Waals surface area contributed by atoms with Crippen molar-refractivity contribution >= 4 is 33.0 Å². The Hall–Kier alpha value is -1.30. The molecule has 0 saturated heterocycles. The average molecular weight is 332 g/mol. The lowest BCUT2D eigenvalue weighted by molar-refractivity contribution is 0.481. The van der Waals surface area contributed by atoms with Gasteiger partial charge < -0.3 is 4.74 Å². The van der Waals surface area contributed by atoms with Crippen molar-refractivity contribution in [3.63, 3.8) is 0 Å². The van der Waals surface area contributed by atoms with Crippen LogP contribution in [0.15, 0.2) is 35.2 Å². The van der Waals surface area contributed by atoms with E-state index in [1.165, 1.54) is 18.2 Å². The second-order valence-corrected chi connectivity index (χ2v) is 7.04. The molecule has 0 bridgehead atoms. The Morgan fingerprint density at radius 1 is 1.15 bits per heavy atom. The minimum Gasteiger partial charge on any atom is -0.456 e. The number of pyridine rings is 1. The molecule has 0 saturated carbocycles. The van der Waals surface area contributed by atoms with Crippen molar-refractivity contribution in [2.75, 3.05) is 6.26 Å². The normalized spacial score (nSPS) is 11.4. The Morgan fingerprint density at radius 3 is 2.40 bits per heavy atom. The second-order valence-electron chi connectivity index (χ2n) is 4.23. The third kappa shape index (κ3) is 3.62. The topological polar surface area (TPSA) is 56.3 Å². The molecule has 2 aromatic rings. The zero-order chi connectivity index (χ0) is 14.9. The first-order valence-corrected chi connectivity index (χ1v) is 8.22. The van der Waals surface area contributed by atoms with E-state index in [1.807, 2.05) is 0 Å². The fourth-order valence-corrected chi connectivity index (χ4v) is 2.75. The minimum absolute atomic E-state index is 0.138. The summed E-state index contributed by atoms with van der Waals surface area (Å²) in [7, 11) is -3.30. The molecule has 1 heterocycles. The molecule has 0 atom stereocenters. The molecule has 0 amide bonds. The van der Waals surface area contributed by atoms with Crippen LogP contribution in [0.2, 0.25) is 10.2 Å². The summed E-state index contributed by atoms with van der Waals surface area (Å²) in [5.41, 5.74) is 0.705. The number of hydrogen-bond donors (Lipinski definition) is 0. The quantitative estimate of drug-likeness (QED) is 0.800. The molecule has 20 heavy (non-hydrogen) atoms. The summed E-state index contributed by atoms with van der Waals surface area (Å²) >= 11 is 11.9. The molecule has 0 spiro atoms. The van der Waals surface area contributed by atoms with Crippen LogP contribution in [0.5, 0.6) is 11.5 Å². The molecule has 4 nitrogen and oxygen atoms in total. The lowest BCUT2D eigenvalue weighted by Crippen LogP contribution is -1.97. The van der Waals surface area contributed by atoms with Gasteiger partial charge in [-0.3, -0.25) is 0 Å². The SMILES string of the molecule is Cc1cc(Oc2ccc(S(C)(=O)=O)cc2Cl)cc(Cl)n1. The van der Waals surface area contributed by atoms with E-state index in [-0.39, 0.29) is 9.92 Å². The maximum atomic E-state index is 11.4. The maximum absolute atomic E-state index is 11.4. The Balaban J connectivity index is 2.35. The van der Waals surface area contributed by atoms with Crippen LogP contribution in [-0.4, -0.2) is 19.7 Å². The van der Waals surface area contributed by atoms with E-state index in [2.05, 4.69) is 4.98 Å². The number of rotatable bonds is 3. The third-order valence-electron chi connectivity index (χ3n) is 2.45. The molecular formula is C13H11Cl2NO3S. The molecule has 1 aromatic heterocycles. The van der Waals surface area contributed by atoms with Gasteiger partial charge in [-0.25, -0.2) is 13.4 Å². The maximum Gasteiger partial charge on any atom is 0.175 e. The van der Waals surface area contributed by atoms with Crippen LogP contribution in [0.4, 0.5) is 0 Å². The minimum atomic E-state index is -3.30. The van der Waals surface area contributed by atoms with Crippen molar-refractivity contribution in [2.45, 2.75) is 11.8 Å². The van der Waals surface area contributed by atoms with Crippen molar-refractivity contribution in [1.82, 2.24) is 4.98 Å². The van der Waals surface area contributed by atoms with Gasteiger partial charge in [0.25, 0.3) is 0 Å². The molecule has 7 heteroatoms. The molecule has 0 radical (unpaired) electrons. The van der Waals surface area contributed by atoms with Crippen LogP contribution in [0.3, 0.4) is 0 Å². The predicted octanol–water partition coefficient (Wildman–Crippen LogP) is 3.89. The second kappa shape index (κ2) is 5.60. The lowest BCUT2D eigenvalue weighted by Gasteiger charge is -2.09. The number of aryl methyl sites for hydroxylation is 1. The summed E-state index contributed by atoms with van der Waals surface area (Å²) in [6.45, 7) is 1.78. The first kappa shape index (κ1) is 15.1. The number of ether oxygens (including phenoxy) is 1. The highest BCUT2D eigenvalue weighted by atomic mass is 35.5. The number of sulfone groups is 1. The fourth-order valence-electron chi connectivity index (χ4n) is 1.58. The Bertz CT molecular complexity index is 740. The summed E-state index contributed by atoms with van der Waals surface area (Å²) in [4.78, 5) is 4.16. The summed E-state index contributed by atoms with van der Waals surface area (Å²) in [6, 6.07) is 7.54. The molecule has 0 aliphatic carbocycles. The highest BCUT2D eigenvalue weighted by Crippen LogP contribution is 2.32. The Labute approximate surface area is 127 Å². The van der Waals surface area contributed by atoms with Crippen molar-refractivity contribution < 1.29 is 13.2 Å². The molecular weight excluding hydrogens is 321 g/mol. The first-order valence-electron chi connectivity index (χ1n) is 5.57. The molecule has 0 aliphatic rings. The summed E-state index contributed by atoms with van der Waals surface area (Å²) in [5.74, 6) is 0.831. The van der Waals surface area contributed by atoms with Gasteiger partial charge in [0.15, 0.2) is 9.84 Å². The lowest BCUT2D eigenvalue weighted by atomic mass is 10.3. The van der Waals surface area contributed by atoms with Gasteiger partial charge >= 0.3 is 0 Å². The van der Waals surface area contributed by atoms with Crippen LogP contribution in [0, 0.1) is 6.92 Å². The van der Waals surface area contributed by atoms with Gasteiger partial charge in [-0.15, -0.1) is 0 Å². The molecule has 0 fully saturated rings. The summed E-state index contributed by atoms with van der Waals surface area (Å²) in [6.07, 6.45) is 1.12. The third-order valence-corrected chi connectivity index (χ3v) is 4.05. The van der Waals surface area contributed by atoms with Gasteiger partial charge in [0.2, 0.25) is 0 Å². The fraction of sp³-hybridized carbons (Fsp3) is 0.154. The number of hydrogen-bond acceptors (Lipinski definition) is 4. The van der Waals surface area contributed by atoms with E-state index >= 15 is 0 Å². The summed E-state index contributed by atoms with van der Waals surface area (Å²) in [5, 5.41) is 0.516. The van der Waals surface area contributed by atoms with Crippen LogP contribution in [0.25, 0.3) is 0 Å². The predicted molar refractivity (Wildman–Crippen MR) is 78.6 cm³/mol. The Kier molecular flexibility index (Phi) is 4.22. The molecule has 0 unspecified atom stereocenters. The van der Waals surface area contributed by atoms with Gasteiger partial charge in [0.05, 0.1) is 9.92 Å². The van der Waals surface area contributed by atoms with Crippen molar-refractivity contribution in [3.8, 4) is 11.5 Å². The van der Waals surface area contributed by atoms with Crippen LogP contribution in [-0.2, 0) is 9.84 Å². The molecule has 106 valence electrons. The average Bonchev–Trinajstić information content (AvgIpc) is 2.29. The van der Waals surface area contributed by atoms with Crippen molar-refractivity contribution in [1.29, 1.82) is 0 Å². The number of aromatic nitrogens is 1. The number of benzene rings is 1. The molecule has 2 rings (SSSR count). The van der Waals surface area contributed by atoms with E-state index in [1.54, 1.807) is 19.1 Å². The monoisotopic (exact) mass is 331 g/mol.